The Balaban J connectivity index is 3.15. The summed E-state index contributed by atoms with van der Waals surface area (Å²) in [4.78, 5) is 0. The molecule has 0 spiro atoms. The molecule has 0 heterocycles. The first-order chi connectivity index (χ1) is 4.16. The zero-order valence-electron chi connectivity index (χ0n) is 7.28. The van der Waals surface area contributed by atoms with E-state index in [1.165, 1.54) is 29.5 Å². The van der Waals surface area contributed by atoms with Gasteiger partial charge in [-0.1, -0.05) is 45.6 Å². The van der Waals surface area contributed by atoms with E-state index < -0.39 is 0 Å². The first-order valence-electron chi connectivity index (χ1n) is 4.16. The van der Waals surface area contributed by atoms with Gasteiger partial charge in [-0.25, -0.2) is 0 Å². The van der Waals surface area contributed by atoms with Gasteiger partial charge in [0.2, 0.25) is 0 Å². The summed E-state index contributed by atoms with van der Waals surface area (Å²) < 4.78 is 0. The molecule has 0 bridgehead atoms. The Bertz CT molecular complexity index is 59.6. The van der Waals surface area contributed by atoms with Gasteiger partial charge < -0.3 is 0 Å². The summed E-state index contributed by atoms with van der Waals surface area (Å²) in [6, 6.07) is 0. The normalized spacial score (nSPS) is 14.7. The topological polar surface area (TPSA) is 0 Å². The minimum atomic E-state index is 0.916. The van der Waals surface area contributed by atoms with Crippen LogP contribution in [0, 0.1) is 5.92 Å². The first-order valence-corrected chi connectivity index (χ1v) is 5.32. The summed E-state index contributed by atoms with van der Waals surface area (Å²) in [6.07, 6.45) is 4.30. The zero-order chi connectivity index (χ0) is 7.28. The molecule has 0 aromatic carbocycles. The molecule has 0 amide bonds. The molecule has 0 aromatic heterocycles. The summed E-state index contributed by atoms with van der Waals surface area (Å²) >= 11 is 0. The van der Waals surface area contributed by atoms with Crippen LogP contribution in [0.2, 0.25) is 5.54 Å². The SMILES string of the molecule is CCCC([SiH3])CC(C)C. The highest BCUT2D eigenvalue weighted by molar-refractivity contribution is 6.11. The summed E-state index contributed by atoms with van der Waals surface area (Å²) in [7, 11) is 1.40. The van der Waals surface area contributed by atoms with Crippen molar-refractivity contribution in [1.29, 1.82) is 0 Å². The van der Waals surface area contributed by atoms with E-state index in [1.807, 2.05) is 0 Å². The quantitative estimate of drug-likeness (QED) is 0.529. The van der Waals surface area contributed by atoms with Gasteiger partial charge in [-0.2, -0.15) is 0 Å². The average Bonchev–Trinajstić information content (AvgIpc) is 1.63. The molecule has 0 radical (unpaired) electrons. The number of rotatable bonds is 4. The van der Waals surface area contributed by atoms with Crippen molar-refractivity contribution >= 4 is 10.2 Å². The standard InChI is InChI=1S/C8H20Si/c1-4-5-8(9)6-7(2)3/h7-8H,4-6H2,1-3,9H3. The maximum Gasteiger partial charge on any atom is 0.00674 e. The van der Waals surface area contributed by atoms with Gasteiger partial charge in [0.25, 0.3) is 0 Å². The number of hydrogen-bond acceptors (Lipinski definition) is 0. The lowest BCUT2D eigenvalue weighted by molar-refractivity contribution is 0.534. The van der Waals surface area contributed by atoms with E-state index >= 15 is 0 Å². The van der Waals surface area contributed by atoms with Crippen molar-refractivity contribution in [3.05, 3.63) is 0 Å². The van der Waals surface area contributed by atoms with Crippen LogP contribution in [-0.4, -0.2) is 10.2 Å². The maximum atomic E-state index is 2.32. The monoisotopic (exact) mass is 144 g/mol. The van der Waals surface area contributed by atoms with Crippen LogP contribution in [-0.2, 0) is 0 Å². The Morgan fingerprint density at radius 2 is 1.89 bits per heavy atom. The number of hydrogen-bond donors (Lipinski definition) is 0. The Morgan fingerprint density at radius 3 is 2.22 bits per heavy atom. The molecule has 0 nitrogen and oxygen atoms in total. The molecule has 0 fully saturated rings. The largest absolute Gasteiger partial charge is 0.0654 e. The molecular formula is C8H20Si. The van der Waals surface area contributed by atoms with Crippen LogP contribution in [0.3, 0.4) is 0 Å². The highest BCUT2D eigenvalue weighted by atomic mass is 28.1. The van der Waals surface area contributed by atoms with Crippen LogP contribution in [0.5, 0.6) is 0 Å². The Kier molecular flexibility index (Phi) is 5.16. The second-order valence-corrected chi connectivity index (χ2v) is 5.16. The minimum absolute atomic E-state index is 0.916. The van der Waals surface area contributed by atoms with Crippen LogP contribution in [0.1, 0.15) is 40.0 Å². The van der Waals surface area contributed by atoms with E-state index in [9.17, 15) is 0 Å². The maximum absolute atomic E-state index is 2.32. The Hall–Kier alpha value is 0.217. The molecule has 0 rings (SSSR count). The van der Waals surface area contributed by atoms with E-state index in [0.717, 1.165) is 11.5 Å². The average molecular weight is 144 g/mol. The fourth-order valence-electron chi connectivity index (χ4n) is 1.42. The van der Waals surface area contributed by atoms with E-state index in [4.69, 9.17) is 0 Å². The van der Waals surface area contributed by atoms with Gasteiger partial charge in [0.05, 0.1) is 0 Å². The van der Waals surface area contributed by atoms with Crippen LogP contribution < -0.4 is 0 Å². The smallest absolute Gasteiger partial charge is 0.00674 e. The van der Waals surface area contributed by atoms with Crippen molar-refractivity contribution in [2.45, 2.75) is 45.6 Å². The fourth-order valence-corrected chi connectivity index (χ4v) is 2.94. The molecule has 1 heteroatoms. The van der Waals surface area contributed by atoms with E-state index in [1.54, 1.807) is 0 Å². The highest BCUT2D eigenvalue weighted by Gasteiger charge is 2.02. The molecule has 1 atom stereocenters. The Morgan fingerprint density at radius 1 is 1.33 bits per heavy atom. The summed E-state index contributed by atoms with van der Waals surface area (Å²) in [5.41, 5.74) is 1.08. The Labute approximate surface area is 62.5 Å². The summed E-state index contributed by atoms with van der Waals surface area (Å²) in [6.45, 7) is 6.92. The second-order valence-electron chi connectivity index (χ2n) is 3.52. The molecule has 0 aliphatic heterocycles. The van der Waals surface area contributed by atoms with E-state index in [2.05, 4.69) is 20.8 Å². The molecule has 0 aliphatic carbocycles. The first kappa shape index (κ1) is 9.22. The van der Waals surface area contributed by atoms with Gasteiger partial charge in [0, 0.05) is 10.2 Å². The summed E-state index contributed by atoms with van der Waals surface area (Å²) in [5, 5.41) is 0. The fraction of sp³-hybridized carbons (Fsp3) is 1.00. The predicted molar refractivity (Wildman–Crippen MR) is 48.1 cm³/mol. The third-order valence-corrected chi connectivity index (χ3v) is 2.70. The minimum Gasteiger partial charge on any atom is -0.0654 e. The van der Waals surface area contributed by atoms with Gasteiger partial charge in [0.15, 0.2) is 0 Å². The van der Waals surface area contributed by atoms with Crippen molar-refractivity contribution in [3.8, 4) is 0 Å². The molecular weight excluding hydrogens is 124 g/mol. The third kappa shape index (κ3) is 6.10. The lowest BCUT2D eigenvalue weighted by Crippen LogP contribution is -1.97. The van der Waals surface area contributed by atoms with Crippen molar-refractivity contribution in [2.75, 3.05) is 0 Å². The van der Waals surface area contributed by atoms with Gasteiger partial charge in [-0.05, 0) is 5.92 Å². The van der Waals surface area contributed by atoms with Gasteiger partial charge in [-0.3, -0.25) is 0 Å². The lowest BCUT2D eigenvalue weighted by Gasteiger charge is -2.11. The molecule has 0 aliphatic rings. The van der Waals surface area contributed by atoms with Crippen LogP contribution in [0.15, 0.2) is 0 Å². The lowest BCUT2D eigenvalue weighted by atomic mass is 10.1. The summed E-state index contributed by atoms with van der Waals surface area (Å²) in [5.74, 6) is 0.916. The van der Waals surface area contributed by atoms with Crippen molar-refractivity contribution < 1.29 is 0 Å². The molecule has 1 unspecified atom stereocenters. The van der Waals surface area contributed by atoms with Crippen molar-refractivity contribution in [1.82, 2.24) is 0 Å². The predicted octanol–water partition coefficient (Wildman–Crippen LogP) is 1.99. The van der Waals surface area contributed by atoms with Crippen molar-refractivity contribution in [3.63, 3.8) is 0 Å². The van der Waals surface area contributed by atoms with Gasteiger partial charge >= 0.3 is 0 Å². The molecule has 9 heavy (non-hydrogen) atoms. The van der Waals surface area contributed by atoms with Crippen LogP contribution >= 0.6 is 0 Å². The molecule has 56 valence electrons. The van der Waals surface area contributed by atoms with Gasteiger partial charge in [0.1, 0.15) is 0 Å². The molecule has 0 aromatic rings. The van der Waals surface area contributed by atoms with Crippen LogP contribution in [0.4, 0.5) is 0 Å². The van der Waals surface area contributed by atoms with Gasteiger partial charge in [-0.15, -0.1) is 0 Å². The van der Waals surface area contributed by atoms with Crippen molar-refractivity contribution in [2.24, 2.45) is 5.92 Å². The van der Waals surface area contributed by atoms with Crippen LogP contribution in [0.25, 0.3) is 0 Å². The second kappa shape index (κ2) is 5.04. The third-order valence-electron chi connectivity index (χ3n) is 1.66. The molecule has 0 saturated carbocycles. The highest BCUT2D eigenvalue weighted by Crippen LogP contribution is 2.18. The zero-order valence-corrected chi connectivity index (χ0v) is 9.28. The molecule has 0 saturated heterocycles. The molecule has 0 N–H and O–H groups in total. The van der Waals surface area contributed by atoms with E-state index in [-0.39, 0.29) is 0 Å². The van der Waals surface area contributed by atoms with E-state index in [0.29, 0.717) is 0 Å².